The first-order chi connectivity index (χ1) is 14.7. The molecule has 0 fully saturated rings. The lowest BCUT2D eigenvalue weighted by molar-refractivity contribution is 0.0929. The van der Waals surface area contributed by atoms with Gasteiger partial charge in [-0.15, -0.1) is 0 Å². The Labute approximate surface area is 183 Å². The molecule has 0 saturated carbocycles. The molecule has 0 spiro atoms. The molecule has 1 unspecified atom stereocenters. The van der Waals surface area contributed by atoms with E-state index in [1.165, 1.54) is 24.3 Å². The van der Waals surface area contributed by atoms with Crippen molar-refractivity contribution in [2.75, 3.05) is 0 Å². The number of benzene rings is 2. The Morgan fingerprint density at radius 1 is 1.23 bits per heavy atom. The second-order valence-corrected chi connectivity index (χ2v) is 7.69. The van der Waals surface area contributed by atoms with Crippen molar-refractivity contribution >= 4 is 17.5 Å². The van der Waals surface area contributed by atoms with Crippen molar-refractivity contribution in [2.45, 2.75) is 39.8 Å². The molecular formula is C22H22ClFN4O3. The number of amides is 1. The summed E-state index contributed by atoms with van der Waals surface area (Å²) in [4.78, 5) is 38.8. The molecule has 0 radical (unpaired) electrons. The van der Waals surface area contributed by atoms with E-state index in [-0.39, 0.29) is 12.6 Å². The number of hydrogen-bond acceptors (Lipinski definition) is 4. The number of aromatic nitrogens is 3. The Morgan fingerprint density at radius 2 is 1.97 bits per heavy atom. The maximum atomic E-state index is 13.6. The summed E-state index contributed by atoms with van der Waals surface area (Å²) in [5.74, 6) is -1.20. The average molecular weight is 445 g/mol. The normalized spacial score (nSPS) is 11.9. The topological polar surface area (TPSA) is 86.0 Å². The van der Waals surface area contributed by atoms with Crippen molar-refractivity contribution in [1.29, 1.82) is 0 Å². The SMILES string of the molecule is CCC(C)NC(=O)c1nn(-c2ccc(C)c(Cl)c2)c(=O)n(Cc2cccc(F)c2)c1=O. The Bertz CT molecular complexity index is 1250. The molecule has 162 valence electrons. The van der Waals surface area contributed by atoms with E-state index in [0.29, 0.717) is 22.7 Å². The lowest BCUT2D eigenvalue weighted by Crippen LogP contribution is -2.47. The minimum absolute atomic E-state index is 0.195. The molecule has 1 N–H and O–H groups in total. The standard InChI is InChI=1S/C22H22ClFN4O3/c1-4-14(3)25-20(29)19-21(30)27(12-15-6-5-7-16(24)10-15)22(31)28(26-19)17-9-8-13(2)18(23)11-17/h5-11,14H,4,12H2,1-3H3,(H,25,29). The lowest BCUT2D eigenvalue weighted by Gasteiger charge is -2.14. The zero-order chi connectivity index (χ0) is 22.7. The van der Waals surface area contributed by atoms with Crippen LogP contribution < -0.4 is 16.6 Å². The first-order valence-electron chi connectivity index (χ1n) is 9.77. The van der Waals surface area contributed by atoms with Crippen LogP contribution in [0.15, 0.2) is 52.1 Å². The summed E-state index contributed by atoms with van der Waals surface area (Å²) in [6.45, 7) is 5.26. The van der Waals surface area contributed by atoms with E-state index >= 15 is 0 Å². The number of hydrogen-bond donors (Lipinski definition) is 1. The molecule has 1 amide bonds. The van der Waals surface area contributed by atoms with Crippen LogP contribution in [0.25, 0.3) is 5.69 Å². The Hall–Kier alpha value is -3.26. The molecule has 3 rings (SSSR count). The van der Waals surface area contributed by atoms with Crippen LogP contribution in [0.4, 0.5) is 4.39 Å². The van der Waals surface area contributed by atoms with Crippen molar-refractivity contribution in [2.24, 2.45) is 0 Å². The minimum Gasteiger partial charge on any atom is -0.348 e. The summed E-state index contributed by atoms with van der Waals surface area (Å²) in [6, 6.07) is 10.2. The lowest BCUT2D eigenvalue weighted by atomic mass is 10.2. The molecular weight excluding hydrogens is 423 g/mol. The molecule has 31 heavy (non-hydrogen) atoms. The van der Waals surface area contributed by atoms with Crippen molar-refractivity contribution in [3.05, 3.63) is 91.0 Å². The van der Waals surface area contributed by atoms with Crippen LogP contribution in [0.3, 0.4) is 0 Å². The van der Waals surface area contributed by atoms with Gasteiger partial charge in [0.25, 0.3) is 11.5 Å². The van der Waals surface area contributed by atoms with E-state index in [1.807, 2.05) is 6.92 Å². The molecule has 0 aliphatic heterocycles. The predicted octanol–water partition coefficient (Wildman–Crippen LogP) is 3.07. The number of nitrogens with one attached hydrogen (secondary N) is 1. The molecule has 9 heteroatoms. The van der Waals surface area contributed by atoms with Gasteiger partial charge in [0, 0.05) is 11.1 Å². The number of halogens is 2. The maximum Gasteiger partial charge on any atom is 0.352 e. The van der Waals surface area contributed by atoms with Gasteiger partial charge in [0.1, 0.15) is 5.82 Å². The van der Waals surface area contributed by atoms with Crippen LogP contribution in [0.5, 0.6) is 0 Å². The fourth-order valence-electron chi connectivity index (χ4n) is 2.89. The molecule has 7 nitrogen and oxygen atoms in total. The maximum absolute atomic E-state index is 13.6. The predicted molar refractivity (Wildman–Crippen MR) is 117 cm³/mol. The largest absolute Gasteiger partial charge is 0.352 e. The second kappa shape index (κ2) is 9.26. The highest BCUT2D eigenvalue weighted by atomic mass is 35.5. The molecule has 1 aromatic heterocycles. The van der Waals surface area contributed by atoms with Gasteiger partial charge >= 0.3 is 5.69 Å². The highest BCUT2D eigenvalue weighted by molar-refractivity contribution is 6.31. The van der Waals surface area contributed by atoms with E-state index in [9.17, 15) is 18.8 Å². The number of rotatable bonds is 6. The molecule has 3 aromatic rings. The third-order valence-corrected chi connectivity index (χ3v) is 5.30. The van der Waals surface area contributed by atoms with Gasteiger partial charge in [-0.2, -0.15) is 9.78 Å². The molecule has 1 heterocycles. The fourth-order valence-corrected chi connectivity index (χ4v) is 3.07. The summed E-state index contributed by atoms with van der Waals surface area (Å²) in [7, 11) is 0. The number of nitrogens with zero attached hydrogens (tertiary/aromatic N) is 3. The van der Waals surface area contributed by atoms with Crippen LogP contribution in [0.2, 0.25) is 5.02 Å². The van der Waals surface area contributed by atoms with Crippen LogP contribution >= 0.6 is 11.6 Å². The summed E-state index contributed by atoms with van der Waals surface area (Å²) >= 11 is 6.19. The average Bonchev–Trinajstić information content (AvgIpc) is 2.73. The first-order valence-corrected chi connectivity index (χ1v) is 10.1. The van der Waals surface area contributed by atoms with E-state index in [2.05, 4.69) is 10.4 Å². The molecule has 0 saturated heterocycles. The summed E-state index contributed by atoms with van der Waals surface area (Å²) in [5.41, 5.74) is -0.577. The van der Waals surface area contributed by atoms with Crippen molar-refractivity contribution < 1.29 is 9.18 Å². The van der Waals surface area contributed by atoms with E-state index in [4.69, 9.17) is 11.6 Å². The molecule has 2 aromatic carbocycles. The van der Waals surface area contributed by atoms with Gasteiger partial charge in [-0.05, 0) is 55.7 Å². The van der Waals surface area contributed by atoms with Gasteiger partial charge in [-0.25, -0.2) is 9.18 Å². The van der Waals surface area contributed by atoms with Gasteiger partial charge in [-0.1, -0.05) is 36.7 Å². The Morgan fingerprint density at radius 3 is 2.61 bits per heavy atom. The van der Waals surface area contributed by atoms with Crippen LogP contribution in [-0.2, 0) is 6.54 Å². The van der Waals surface area contributed by atoms with Gasteiger partial charge in [0.15, 0.2) is 0 Å². The van der Waals surface area contributed by atoms with E-state index in [1.54, 1.807) is 32.0 Å². The quantitative estimate of drug-likeness (QED) is 0.633. The van der Waals surface area contributed by atoms with Gasteiger partial charge < -0.3 is 5.32 Å². The summed E-state index contributed by atoms with van der Waals surface area (Å²) in [6.07, 6.45) is 0.649. The summed E-state index contributed by atoms with van der Waals surface area (Å²) in [5, 5.41) is 7.14. The number of carbonyl (C=O) groups excluding carboxylic acids is 1. The third kappa shape index (κ3) is 4.91. The van der Waals surface area contributed by atoms with E-state index < -0.39 is 28.7 Å². The highest BCUT2D eigenvalue weighted by Crippen LogP contribution is 2.18. The van der Waals surface area contributed by atoms with Crippen molar-refractivity contribution in [1.82, 2.24) is 19.7 Å². The van der Waals surface area contributed by atoms with Crippen molar-refractivity contribution in [3.63, 3.8) is 0 Å². The van der Waals surface area contributed by atoms with Crippen LogP contribution in [-0.4, -0.2) is 26.3 Å². The molecule has 0 aliphatic rings. The fraction of sp³-hybridized carbons (Fsp3) is 0.273. The monoisotopic (exact) mass is 444 g/mol. The molecule has 1 atom stereocenters. The Balaban J connectivity index is 2.21. The number of carbonyl (C=O) groups is 1. The zero-order valence-electron chi connectivity index (χ0n) is 17.4. The summed E-state index contributed by atoms with van der Waals surface area (Å²) < 4.78 is 15.4. The van der Waals surface area contributed by atoms with E-state index in [0.717, 1.165) is 14.8 Å². The number of aryl methyl sites for hydroxylation is 1. The molecule has 0 bridgehead atoms. The minimum atomic E-state index is -0.857. The van der Waals surface area contributed by atoms with Crippen molar-refractivity contribution in [3.8, 4) is 5.69 Å². The Kier molecular flexibility index (Phi) is 6.70. The smallest absolute Gasteiger partial charge is 0.348 e. The highest BCUT2D eigenvalue weighted by Gasteiger charge is 2.21. The van der Waals surface area contributed by atoms with Gasteiger partial charge in [-0.3, -0.25) is 14.2 Å². The zero-order valence-corrected chi connectivity index (χ0v) is 18.1. The second-order valence-electron chi connectivity index (χ2n) is 7.28. The van der Waals surface area contributed by atoms with Gasteiger partial charge in [0.2, 0.25) is 5.69 Å². The van der Waals surface area contributed by atoms with Crippen LogP contribution in [0, 0.1) is 12.7 Å². The van der Waals surface area contributed by atoms with Gasteiger partial charge in [0.05, 0.1) is 12.2 Å². The van der Waals surface area contributed by atoms with Crippen LogP contribution in [0.1, 0.15) is 41.9 Å². The molecule has 0 aliphatic carbocycles. The first kappa shape index (κ1) is 22.4. The third-order valence-electron chi connectivity index (χ3n) is 4.89.